The maximum absolute atomic E-state index is 13.7. The summed E-state index contributed by atoms with van der Waals surface area (Å²) in [6.45, 7) is 10.9. The zero-order valence-electron chi connectivity index (χ0n) is 19.5. The summed E-state index contributed by atoms with van der Waals surface area (Å²) < 4.78 is 5.03. The second-order valence-electron chi connectivity index (χ2n) is 8.66. The lowest BCUT2D eigenvalue weighted by Crippen LogP contribution is -2.61. The number of benzene rings is 2. The van der Waals surface area contributed by atoms with Crippen molar-refractivity contribution in [3.63, 3.8) is 0 Å². The van der Waals surface area contributed by atoms with Gasteiger partial charge in [0.2, 0.25) is 0 Å². The Labute approximate surface area is 184 Å². The molecule has 0 bridgehead atoms. The first kappa shape index (κ1) is 24.3. The van der Waals surface area contributed by atoms with Gasteiger partial charge in [-0.1, -0.05) is 36.2 Å². The topological polar surface area (TPSA) is 66.9 Å². The molecule has 0 radical (unpaired) electrons. The van der Waals surface area contributed by atoms with Crippen molar-refractivity contribution in [2.75, 3.05) is 13.7 Å². The average Bonchev–Trinajstić information content (AvgIpc) is 2.69. The molecule has 2 aromatic rings. The van der Waals surface area contributed by atoms with Gasteiger partial charge in [0.25, 0.3) is 17.7 Å². The molecule has 0 fully saturated rings. The molecule has 0 aromatic heterocycles. The van der Waals surface area contributed by atoms with E-state index in [2.05, 4.69) is 0 Å². The number of hydrogen-bond donors (Lipinski definition) is 0. The molecule has 0 atom stereocenters. The van der Waals surface area contributed by atoms with Crippen molar-refractivity contribution >= 4 is 17.7 Å². The minimum atomic E-state index is -0.844. The van der Waals surface area contributed by atoms with E-state index in [4.69, 9.17) is 4.74 Å². The maximum atomic E-state index is 13.7. The Hall–Kier alpha value is -2.99. The predicted molar refractivity (Wildman–Crippen MR) is 121 cm³/mol. The van der Waals surface area contributed by atoms with E-state index in [1.807, 2.05) is 39.0 Å². The van der Waals surface area contributed by atoms with Crippen molar-refractivity contribution in [1.82, 2.24) is 10.0 Å². The number of rotatable bonds is 5. The second-order valence-corrected chi connectivity index (χ2v) is 8.66. The van der Waals surface area contributed by atoms with E-state index >= 15 is 0 Å². The summed E-state index contributed by atoms with van der Waals surface area (Å²) in [7, 11) is 1.40. The standard InChI is InChI=1S/C25H32N2O4/c1-8-19-9-11-20(12-10-19)23(29)26(27(25(4,5)6)22(28)16-31-7)24(30)21-14-17(2)13-18(3)15-21/h9-15H,8,16H2,1-7H3. The summed E-state index contributed by atoms with van der Waals surface area (Å²) in [6, 6.07) is 12.5. The van der Waals surface area contributed by atoms with Crippen molar-refractivity contribution in [3.05, 3.63) is 70.3 Å². The first-order valence-corrected chi connectivity index (χ1v) is 10.4. The molecule has 0 unspecified atom stereocenters. The zero-order chi connectivity index (χ0) is 23.3. The van der Waals surface area contributed by atoms with E-state index in [-0.39, 0.29) is 6.61 Å². The molecule has 6 nitrogen and oxygen atoms in total. The van der Waals surface area contributed by atoms with Gasteiger partial charge in [-0.3, -0.25) is 14.4 Å². The first-order chi connectivity index (χ1) is 14.5. The molecule has 0 spiro atoms. The number of aryl methyl sites for hydroxylation is 3. The molecular formula is C25H32N2O4. The molecule has 31 heavy (non-hydrogen) atoms. The lowest BCUT2D eigenvalue weighted by Gasteiger charge is -2.42. The summed E-state index contributed by atoms with van der Waals surface area (Å²) in [5.74, 6) is -1.60. The number of imide groups is 1. The first-order valence-electron chi connectivity index (χ1n) is 10.4. The smallest absolute Gasteiger partial charge is 0.280 e. The zero-order valence-corrected chi connectivity index (χ0v) is 19.5. The van der Waals surface area contributed by atoms with Crippen molar-refractivity contribution in [1.29, 1.82) is 0 Å². The Balaban J connectivity index is 2.65. The van der Waals surface area contributed by atoms with Crippen LogP contribution in [0, 0.1) is 13.8 Å². The van der Waals surface area contributed by atoms with Crippen LogP contribution in [-0.4, -0.2) is 47.0 Å². The van der Waals surface area contributed by atoms with E-state index in [9.17, 15) is 14.4 Å². The lowest BCUT2D eigenvalue weighted by atomic mass is 10.0. The van der Waals surface area contributed by atoms with Gasteiger partial charge in [-0.2, -0.15) is 5.01 Å². The highest BCUT2D eigenvalue weighted by molar-refractivity contribution is 6.11. The van der Waals surface area contributed by atoms with Gasteiger partial charge in [-0.05, 0) is 70.9 Å². The van der Waals surface area contributed by atoms with Crippen LogP contribution in [0.2, 0.25) is 0 Å². The van der Waals surface area contributed by atoms with Crippen LogP contribution in [0.1, 0.15) is 65.1 Å². The van der Waals surface area contributed by atoms with Gasteiger partial charge in [0.15, 0.2) is 0 Å². The highest BCUT2D eigenvalue weighted by Gasteiger charge is 2.39. The summed E-state index contributed by atoms with van der Waals surface area (Å²) in [5, 5.41) is 2.16. The molecule has 0 aliphatic rings. The largest absolute Gasteiger partial charge is 0.375 e. The monoisotopic (exact) mass is 424 g/mol. The fraction of sp³-hybridized carbons (Fsp3) is 0.400. The van der Waals surface area contributed by atoms with E-state index in [1.54, 1.807) is 45.0 Å². The lowest BCUT2D eigenvalue weighted by molar-refractivity contribution is -0.155. The molecule has 0 heterocycles. The van der Waals surface area contributed by atoms with E-state index < -0.39 is 23.3 Å². The van der Waals surface area contributed by atoms with Crippen molar-refractivity contribution in [3.8, 4) is 0 Å². The van der Waals surface area contributed by atoms with Gasteiger partial charge in [0.05, 0.1) is 5.54 Å². The minimum absolute atomic E-state index is 0.254. The SMILES string of the molecule is CCc1ccc(C(=O)N(C(=O)c2cc(C)cc(C)c2)N(C(=O)COC)C(C)(C)C)cc1. The third-order valence-electron chi connectivity index (χ3n) is 4.80. The van der Waals surface area contributed by atoms with Crippen LogP contribution in [0.5, 0.6) is 0 Å². The molecule has 2 rings (SSSR count). The molecule has 0 saturated carbocycles. The number of carbonyl (C=O) groups excluding carboxylic acids is 3. The Kier molecular flexibility index (Phi) is 7.74. The summed E-state index contributed by atoms with van der Waals surface area (Å²) in [6.07, 6.45) is 0.833. The number of nitrogens with zero attached hydrogens (tertiary/aromatic N) is 2. The molecule has 6 heteroatoms. The van der Waals surface area contributed by atoms with Gasteiger partial charge < -0.3 is 4.74 Å². The molecule has 3 amide bonds. The van der Waals surface area contributed by atoms with E-state index in [0.717, 1.165) is 28.1 Å². The Morgan fingerprint density at radius 1 is 0.871 bits per heavy atom. The van der Waals surface area contributed by atoms with Crippen LogP contribution >= 0.6 is 0 Å². The van der Waals surface area contributed by atoms with E-state index in [0.29, 0.717) is 11.1 Å². The van der Waals surface area contributed by atoms with Crippen molar-refractivity contribution < 1.29 is 19.1 Å². The Bertz CT molecular complexity index is 938. The van der Waals surface area contributed by atoms with Crippen LogP contribution < -0.4 is 0 Å². The van der Waals surface area contributed by atoms with Gasteiger partial charge in [0.1, 0.15) is 6.61 Å². The number of hydrogen-bond acceptors (Lipinski definition) is 4. The molecule has 166 valence electrons. The van der Waals surface area contributed by atoms with E-state index in [1.165, 1.54) is 12.1 Å². The fourth-order valence-electron chi connectivity index (χ4n) is 3.47. The Morgan fingerprint density at radius 3 is 1.84 bits per heavy atom. The number of methoxy groups -OCH3 is 1. The number of ether oxygens (including phenoxy) is 1. The van der Waals surface area contributed by atoms with Crippen LogP contribution in [0.4, 0.5) is 0 Å². The second kappa shape index (κ2) is 9.88. The van der Waals surface area contributed by atoms with Gasteiger partial charge in [0, 0.05) is 18.2 Å². The molecule has 0 saturated heterocycles. The highest BCUT2D eigenvalue weighted by Crippen LogP contribution is 2.23. The van der Waals surface area contributed by atoms with Crippen molar-refractivity contribution in [2.45, 2.75) is 53.5 Å². The van der Waals surface area contributed by atoms with Gasteiger partial charge >= 0.3 is 0 Å². The normalized spacial score (nSPS) is 11.2. The van der Waals surface area contributed by atoms with Crippen LogP contribution in [0.25, 0.3) is 0 Å². The van der Waals surface area contributed by atoms with Crippen LogP contribution in [0.15, 0.2) is 42.5 Å². The third-order valence-corrected chi connectivity index (χ3v) is 4.80. The summed E-state index contributed by atoms with van der Waals surface area (Å²) in [4.78, 5) is 40.2. The molecule has 0 N–H and O–H groups in total. The Morgan fingerprint density at radius 2 is 1.39 bits per heavy atom. The number of hydrazine groups is 1. The summed E-state index contributed by atoms with van der Waals surface area (Å²) >= 11 is 0. The molecular weight excluding hydrogens is 392 g/mol. The maximum Gasteiger partial charge on any atom is 0.280 e. The third kappa shape index (κ3) is 5.79. The molecule has 0 aliphatic carbocycles. The molecule has 2 aromatic carbocycles. The number of amides is 3. The average molecular weight is 425 g/mol. The highest BCUT2D eigenvalue weighted by atomic mass is 16.5. The van der Waals surface area contributed by atoms with Crippen molar-refractivity contribution in [2.24, 2.45) is 0 Å². The quantitative estimate of drug-likeness (QED) is 0.529. The fourth-order valence-corrected chi connectivity index (χ4v) is 3.47. The number of carbonyl (C=O) groups is 3. The molecule has 0 aliphatic heterocycles. The van der Waals surface area contributed by atoms with Gasteiger partial charge in [-0.15, -0.1) is 0 Å². The van der Waals surface area contributed by atoms with Gasteiger partial charge in [-0.25, -0.2) is 5.01 Å². The minimum Gasteiger partial charge on any atom is -0.375 e. The predicted octanol–water partition coefficient (Wildman–Crippen LogP) is 4.34. The summed E-state index contributed by atoms with van der Waals surface area (Å²) in [5.41, 5.74) is 2.70. The van der Waals surface area contributed by atoms with Crippen LogP contribution in [0.3, 0.4) is 0 Å². The van der Waals surface area contributed by atoms with Crippen LogP contribution in [-0.2, 0) is 16.0 Å².